The van der Waals surface area contributed by atoms with Crippen LogP contribution in [0.3, 0.4) is 0 Å². The number of aliphatic imine (C=N–C) groups is 1. The van der Waals surface area contributed by atoms with E-state index >= 15 is 0 Å². The molecule has 0 aliphatic carbocycles. The largest absolute Gasteiger partial charge is 0.472 e. The normalized spacial score (nSPS) is 20.5. The fourth-order valence-electron chi connectivity index (χ4n) is 1.44. The molecule has 1 aliphatic rings. The van der Waals surface area contributed by atoms with Gasteiger partial charge in [0, 0.05) is 5.56 Å². The molecule has 0 fully saturated rings. The summed E-state index contributed by atoms with van der Waals surface area (Å²) >= 11 is 0. The van der Waals surface area contributed by atoms with Crippen molar-refractivity contribution in [1.82, 2.24) is 0 Å². The molecular formula is C11H10F3NO. The molecule has 0 amide bonds. The van der Waals surface area contributed by atoms with Gasteiger partial charge in [-0.15, -0.1) is 0 Å². The second-order valence-corrected chi connectivity index (χ2v) is 3.65. The summed E-state index contributed by atoms with van der Waals surface area (Å²) in [6, 6.07) is 4.81. The van der Waals surface area contributed by atoms with Crippen molar-refractivity contribution >= 4 is 5.90 Å². The second-order valence-electron chi connectivity index (χ2n) is 3.65. The minimum atomic E-state index is -4.30. The van der Waals surface area contributed by atoms with Crippen LogP contribution in [0.1, 0.15) is 18.1 Å². The molecule has 1 aromatic rings. The number of benzene rings is 1. The summed E-state index contributed by atoms with van der Waals surface area (Å²) in [6.07, 6.45) is -4.30. The zero-order valence-electron chi connectivity index (χ0n) is 8.58. The van der Waals surface area contributed by atoms with Crippen LogP contribution in [0.2, 0.25) is 0 Å². The first-order valence-corrected chi connectivity index (χ1v) is 4.85. The average Bonchev–Trinajstić information content (AvgIpc) is 2.64. The van der Waals surface area contributed by atoms with Gasteiger partial charge in [0.15, 0.2) is 0 Å². The lowest BCUT2D eigenvalue weighted by Crippen LogP contribution is -2.09. The first-order chi connectivity index (χ1) is 7.47. The van der Waals surface area contributed by atoms with Crippen LogP contribution >= 0.6 is 0 Å². The molecule has 1 atom stereocenters. The molecule has 1 unspecified atom stereocenters. The maximum atomic E-state index is 12.3. The van der Waals surface area contributed by atoms with Crippen molar-refractivity contribution in [2.45, 2.75) is 19.2 Å². The Morgan fingerprint density at radius 2 is 1.88 bits per heavy atom. The Bertz CT molecular complexity index is 408. The summed E-state index contributed by atoms with van der Waals surface area (Å²) in [6.45, 7) is 2.41. The van der Waals surface area contributed by atoms with Crippen LogP contribution in [0, 0.1) is 0 Å². The van der Waals surface area contributed by atoms with Gasteiger partial charge in [-0.25, -0.2) is 4.99 Å². The molecule has 0 saturated carbocycles. The van der Waals surface area contributed by atoms with Crippen LogP contribution in [-0.2, 0) is 10.9 Å². The van der Waals surface area contributed by atoms with Gasteiger partial charge < -0.3 is 4.74 Å². The van der Waals surface area contributed by atoms with Gasteiger partial charge >= 0.3 is 6.18 Å². The predicted molar refractivity (Wildman–Crippen MR) is 53.4 cm³/mol. The van der Waals surface area contributed by atoms with E-state index in [2.05, 4.69) is 4.99 Å². The fourth-order valence-corrected chi connectivity index (χ4v) is 1.44. The van der Waals surface area contributed by atoms with E-state index in [1.165, 1.54) is 12.1 Å². The molecule has 2 rings (SSSR count). The minimum Gasteiger partial charge on any atom is -0.472 e. The molecule has 0 aromatic heterocycles. The third-order valence-electron chi connectivity index (χ3n) is 2.26. The van der Waals surface area contributed by atoms with E-state index in [0.717, 1.165) is 12.1 Å². The van der Waals surface area contributed by atoms with E-state index in [1.807, 2.05) is 6.92 Å². The highest BCUT2D eigenvalue weighted by molar-refractivity contribution is 5.95. The zero-order valence-corrected chi connectivity index (χ0v) is 8.58. The van der Waals surface area contributed by atoms with Crippen molar-refractivity contribution < 1.29 is 17.9 Å². The van der Waals surface area contributed by atoms with Crippen LogP contribution in [0.25, 0.3) is 0 Å². The van der Waals surface area contributed by atoms with E-state index in [9.17, 15) is 13.2 Å². The van der Waals surface area contributed by atoms with E-state index in [-0.39, 0.29) is 6.10 Å². The summed E-state index contributed by atoms with van der Waals surface area (Å²) in [4.78, 5) is 4.09. The van der Waals surface area contributed by atoms with Gasteiger partial charge in [0.05, 0.1) is 12.1 Å². The highest BCUT2D eigenvalue weighted by Crippen LogP contribution is 2.29. The number of halogens is 3. The van der Waals surface area contributed by atoms with Crippen molar-refractivity contribution in [2.75, 3.05) is 6.54 Å². The van der Waals surface area contributed by atoms with Gasteiger partial charge in [-0.05, 0) is 31.2 Å². The molecule has 1 aromatic carbocycles. The lowest BCUT2D eigenvalue weighted by atomic mass is 10.1. The molecule has 0 bridgehead atoms. The van der Waals surface area contributed by atoms with E-state index in [0.29, 0.717) is 18.0 Å². The van der Waals surface area contributed by atoms with E-state index in [4.69, 9.17) is 4.74 Å². The Morgan fingerprint density at radius 3 is 2.31 bits per heavy atom. The summed E-state index contributed by atoms with van der Waals surface area (Å²) < 4.78 is 42.2. The Morgan fingerprint density at radius 1 is 1.25 bits per heavy atom. The quantitative estimate of drug-likeness (QED) is 0.725. The van der Waals surface area contributed by atoms with Crippen LogP contribution in [0.15, 0.2) is 29.3 Å². The molecular weight excluding hydrogens is 219 g/mol. The second kappa shape index (κ2) is 3.81. The lowest BCUT2D eigenvalue weighted by Gasteiger charge is -2.08. The summed E-state index contributed by atoms with van der Waals surface area (Å²) in [5.74, 6) is 0.418. The maximum Gasteiger partial charge on any atom is 0.416 e. The summed E-state index contributed by atoms with van der Waals surface area (Å²) in [5, 5.41) is 0. The van der Waals surface area contributed by atoms with Crippen LogP contribution in [-0.4, -0.2) is 18.5 Å². The number of ether oxygens (including phenoxy) is 1. The van der Waals surface area contributed by atoms with Gasteiger partial charge in [0.25, 0.3) is 0 Å². The third-order valence-corrected chi connectivity index (χ3v) is 2.26. The van der Waals surface area contributed by atoms with Crippen LogP contribution < -0.4 is 0 Å². The number of hydrogen-bond donors (Lipinski definition) is 0. The van der Waals surface area contributed by atoms with Crippen LogP contribution in [0.5, 0.6) is 0 Å². The SMILES string of the molecule is CC1CN=C(c2ccc(C(F)(F)F)cc2)O1. The van der Waals surface area contributed by atoms with Crippen molar-refractivity contribution in [3.63, 3.8) is 0 Å². The minimum absolute atomic E-state index is 0.00251. The fraction of sp³-hybridized carbons (Fsp3) is 0.364. The molecule has 1 heterocycles. The predicted octanol–water partition coefficient (Wildman–Crippen LogP) is 2.87. The number of hydrogen-bond acceptors (Lipinski definition) is 2. The van der Waals surface area contributed by atoms with Gasteiger partial charge in [-0.3, -0.25) is 0 Å². The molecule has 0 radical (unpaired) electrons. The van der Waals surface area contributed by atoms with Crippen molar-refractivity contribution in [1.29, 1.82) is 0 Å². The molecule has 1 aliphatic heterocycles. The standard InChI is InChI=1S/C11H10F3NO/c1-7-6-15-10(16-7)8-2-4-9(5-3-8)11(12,13)14/h2-5,7H,6H2,1H3. The molecule has 5 heteroatoms. The smallest absolute Gasteiger partial charge is 0.416 e. The van der Waals surface area contributed by atoms with E-state index < -0.39 is 11.7 Å². The van der Waals surface area contributed by atoms with Gasteiger partial charge in [-0.2, -0.15) is 13.2 Å². The van der Waals surface area contributed by atoms with Gasteiger partial charge in [0.2, 0.25) is 5.90 Å². The highest BCUT2D eigenvalue weighted by atomic mass is 19.4. The monoisotopic (exact) mass is 229 g/mol. The first-order valence-electron chi connectivity index (χ1n) is 4.85. The number of nitrogens with zero attached hydrogens (tertiary/aromatic N) is 1. The Hall–Kier alpha value is -1.52. The van der Waals surface area contributed by atoms with Gasteiger partial charge in [0.1, 0.15) is 6.10 Å². The highest BCUT2D eigenvalue weighted by Gasteiger charge is 2.30. The maximum absolute atomic E-state index is 12.3. The molecule has 16 heavy (non-hydrogen) atoms. The van der Waals surface area contributed by atoms with Crippen LogP contribution in [0.4, 0.5) is 13.2 Å². The van der Waals surface area contributed by atoms with E-state index in [1.54, 1.807) is 0 Å². The summed E-state index contributed by atoms with van der Waals surface area (Å²) in [7, 11) is 0. The van der Waals surface area contributed by atoms with Gasteiger partial charge in [-0.1, -0.05) is 0 Å². The van der Waals surface area contributed by atoms with Crippen molar-refractivity contribution in [3.8, 4) is 0 Å². The summed E-state index contributed by atoms with van der Waals surface area (Å²) in [5.41, 5.74) is -0.0831. The molecule has 86 valence electrons. The Balaban J connectivity index is 2.20. The molecule has 0 N–H and O–H groups in total. The molecule has 0 spiro atoms. The van der Waals surface area contributed by atoms with Crippen molar-refractivity contribution in [2.24, 2.45) is 4.99 Å². The van der Waals surface area contributed by atoms with Crippen molar-refractivity contribution in [3.05, 3.63) is 35.4 Å². The zero-order chi connectivity index (χ0) is 11.8. The Labute approximate surface area is 90.8 Å². The first kappa shape index (κ1) is 11.0. The topological polar surface area (TPSA) is 21.6 Å². The Kier molecular flexibility index (Phi) is 2.61. The average molecular weight is 229 g/mol. The number of rotatable bonds is 1. The molecule has 2 nitrogen and oxygen atoms in total. The number of alkyl halides is 3. The third kappa shape index (κ3) is 2.18. The lowest BCUT2D eigenvalue weighted by molar-refractivity contribution is -0.137. The molecule has 0 saturated heterocycles.